The highest BCUT2D eigenvalue weighted by Crippen LogP contribution is 1.93. The molecule has 1 aromatic rings. The van der Waals surface area contributed by atoms with Gasteiger partial charge < -0.3 is 5.32 Å². The van der Waals surface area contributed by atoms with Gasteiger partial charge in [-0.1, -0.05) is 12.2 Å². The molecule has 0 aliphatic rings. The molecule has 0 aliphatic carbocycles. The third kappa shape index (κ3) is 4.14. The van der Waals surface area contributed by atoms with Crippen LogP contribution in [0.15, 0.2) is 24.4 Å². The third-order valence-electron chi connectivity index (χ3n) is 1.86. The van der Waals surface area contributed by atoms with Crippen LogP contribution < -0.4 is 5.32 Å². The van der Waals surface area contributed by atoms with Crippen molar-refractivity contribution in [3.05, 3.63) is 35.9 Å². The first-order chi connectivity index (χ1) is 6.83. The first-order valence-corrected chi connectivity index (χ1v) is 4.93. The number of rotatable bonds is 5. The number of hydrogen-bond donors (Lipinski definition) is 1. The van der Waals surface area contributed by atoms with Crippen LogP contribution in [0, 0.1) is 6.92 Å². The first kappa shape index (κ1) is 10.9. The van der Waals surface area contributed by atoms with Crippen LogP contribution in [0.5, 0.6) is 0 Å². The van der Waals surface area contributed by atoms with E-state index < -0.39 is 0 Å². The SMILES string of the molecule is C/C=C/CCNCc1ccnc(C)n1. The molecule has 1 aromatic heterocycles. The van der Waals surface area contributed by atoms with Gasteiger partial charge in [-0.15, -0.1) is 0 Å². The first-order valence-electron chi connectivity index (χ1n) is 4.93. The number of hydrogen-bond acceptors (Lipinski definition) is 3. The zero-order valence-corrected chi connectivity index (χ0v) is 8.83. The molecule has 1 N–H and O–H groups in total. The van der Waals surface area contributed by atoms with E-state index in [1.54, 1.807) is 6.20 Å². The molecule has 0 amide bonds. The normalized spacial score (nSPS) is 11.0. The summed E-state index contributed by atoms with van der Waals surface area (Å²) in [4.78, 5) is 8.35. The molecule has 1 rings (SSSR count). The zero-order valence-electron chi connectivity index (χ0n) is 8.83. The average Bonchev–Trinajstić information content (AvgIpc) is 2.18. The minimum absolute atomic E-state index is 0.820. The molecule has 3 heteroatoms. The minimum Gasteiger partial charge on any atom is -0.311 e. The van der Waals surface area contributed by atoms with Gasteiger partial charge in [-0.2, -0.15) is 0 Å². The predicted octanol–water partition coefficient (Wildman–Crippen LogP) is 1.84. The van der Waals surface area contributed by atoms with Crippen LogP contribution in [0.25, 0.3) is 0 Å². The molecule has 0 saturated carbocycles. The standard InChI is InChI=1S/C11H17N3/c1-3-4-5-7-12-9-11-6-8-13-10(2)14-11/h3-4,6,8,12H,5,7,9H2,1-2H3/b4-3+. The Hall–Kier alpha value is -1.22. The molecule has 14 heavy (non-hydrogen) atoms. The van der Waals surface area contributed by atoms with E-state index in [0.717, 1.165) is 31.0 Å². The number of aryl methyl sites for hydroxylation is 1. The largest absolute Gasteiger partial charge is 0.311 e. The van der Waals surface area contributed by atoms with E-state index in [-0.39, 0.29) is 0 Å². The molecule has 0 spiro atoms. The van der Waals surface area contributed by atoms with Gasteiger partial charge >= 0.3 is 0 Å². The van der Waals surface area contributed by atoms with Crippen LogP contribution in [0.1, 0.15) is 24.9 Å². The van der Waals surface area contributed by atoms with Gasteiger partial charge in [0, 0.05) is 12.7 Å². The van der Waals surface area contributed by atoms with E-state index in [1.165, 1.54) is 0 Å². The molecule has 1 heterocycles. The fourth-order valence-corrected chi connectivity index (χ4v) is 1.17. The van der Waals surface area contributed by atoms with Gasteiger partial charge in [-0.3, -0.25) is 0 Å². The Labute approximate surface area is 85.3 Å². The Morgan fingerprint density at radius 1 is 1.50 bits per heavy atom. The zero-order chi connectivity index (χ0) is 10.2. The molecular formula is C11H17N3. The second-order valence-electron chi connectivity index (χ2n) is 3.13. The predicted molar refractivity (Wildman–Crippen MR) is 57.9 cm³/mol. The van der Waals surface area contributed by atoms with Gasteiger partial charge in [0.2, 0.25) is 0 Å². The van der Waals surface area contributed by atoms with Gasteiger partial charge in [0.25, 0.3) is 0 Å². The van der Waals surface area contributed by atoms with E-state index in [2.05, 4.69) is 27.4 Å². The molecular weight excluding hydrogens is 174 g/mol. The van der Waals surface area contributed by atoms with Gasteiger partial charge in [0.05, 0.1) is 5.69 Å². The topological polar surface area (TPSA) is 37.8 Å². The summed E-state index contributed by atoms with van der Waals surface area (Å²) < 4.78 is 0. The van der Waals surface area contributed by atoms with Crippen molar-refractivity contribution in [3.63, 3.8) is 0 Å². The Bertz CT molecular complexity index is 294. The van der Waals surface area contributed by atoms with Gasteiger partial charge in [0.1, 0.15) is 5.82 Å². The minimum atomic E-state index is 0.820. The maximum absolute atomic E-state index is 4.30. The fourth-order valence-electron chi connectivity index (χ4n) is 1.17. The van der Waals surface area contributed by atoms with Crippen LogP contribution in [0.3, 0.4) is 0 Å². The molecule has 0 unspecified atom stereocenters. The lowest BCUT2D eigenvalue weighted by Crippen LogP contribution is -2.15. The quantitative estimate of drug-likeness (QED) is 0.570. The van der Waals surface area contributed by atoms with Crippen LogP contribution in [0.2, 0.25) is 0 Å². The summed E-state index contributed by atoms with van der Waals surface area (Å²) in [6.07, 6.45) is 7.08. The summed E-state index contributed by atoms with van der Waals surface area (Å²) >= 11 is 0. The van der Waals surface area contributed by atoms with Crippen molar-refractivity contribution in [2.45, 2.75) is 26.8 Å². The van der Waals surface area contributed by atoms with Crippen LogP contribution in [0.4, 0.5) is 0 Å². The van der Waals surface area contributed by atoms with Crippen molar-refractivity contribution >= 4 is 0 Å². The van der Waals surface area contributed by atoms with E-state index >= 15 is 0 Å². The number of nitrogens with zero attached hydrogens (tertiary/aromatic N) is 2. The maximum atomic E-state index is 4.30. The summed E-state index contributed by atoms with van der Waals surface area (Å²) in [5.41, 5.74) is 1.05. The molecule has 76 valence electrons. The number of allylic oxidation sites excluding steroid dienone is 1. The smallest absolute Gasteiger partial charge is 0.125 e. The summed E-state index contributed by atoms with van der Waals surface area (Å²) in [6.45, 7) is 5.76. The van der Waals surface area contributed by atoms with E-state index in [9.17, 15) is 0 Å². The highest BCUT2D eigenvalue weighted by Gasteiger charge is 1.93. The second-order valence-corrected chi connectivity index (χ2v) is 3.13. The van der Waals surface area contributed by atoms with Crippen molar-refractivity contribution in [3.8, 4) is 0 Å². The lowest BCUT2D eigenvalue weighted by atomic mass is 10.3. The monoisotopic (exact) mass is 191 g/mol. The summed E-state index contributed by atoms with van der Waals surface area (Å²) in [5, 5.41) is 3.32. The Kier molecular flexibility index (Phi) is 4.86. The van der Waals surface area contributed by atoms with Crippen molar-refractivity contribution in [1.29, 1.82) is 0 Å². The molecule has 0 bridgehead atoms. The molecule has 0 fully saturated rings. The van der Waals surface area contributed by atoms with Crippen molar-refractivity contribution in [2.24, 2.45) is 0 Å². The van der Waals surface area contributed by atoms with Crippen LogP contribution in [-0.4, -0.2) is 16.5 Å². The van der Waals surface area contributed by atoms with Crippen LogP contribution >= 0.6 is 0 Å². The Morgan fingerprint density at radius 3 is 3.07 bits per heavy atom. The molecule has 0 aliphatic heterocycles. The summed E-state index contributed by atoms with van der Waals surface area (Å²) in [6, 6.07) is 1.94. The number of aromatic nitrogens is 2. The highest BCUT2D eigenvalue weighted by molar-refractivity contribution is 5.00. The summed E-state index contributed by atoms with van der Waals surface area (Å²) in [7, 11) is 0. The lowest BCUT2D eigenvalue weighted by molar-refractivity contribution is 0.678. The molecule has 0 saturated heterocycles. The van der Waals surface area contributed by atoms with Gasteiger partial charge in [-0.05, 0) is 32.9 Å². The Morgan fingerprint density at radius 2 is 2.36 bits per heavy atom. The van der Waals surface area contributed by atoms with Crippen molar-refractivity contribution < 1.29 is 0 Å². The van der Waals surface area contributed by atoms with E-state index in [0.29, 0.717) is 0 Å². The maximum Gasteiger partial charge on any atom is 0.125 e. The van der Waals surface area contributed by atoms with Crippen molar-refractivity contribution in [2.75, 3.05) is 6.54 Å². The van der Waals surface area contributed by atoms with Crippen LogP contribution in [-0.2, 0) is 6.54 Å². The number of nitrogens with one attached hydrogen (secondary N) is 1. The van der Waals surface area contributed by atoms with Gasteiger partial charge in [-0.25, -0.2) is 9.97 Å². The van der Waals surface area contributed by atoms with Gasteiger partial charge in [0.15, 0.2) is 0 Å². The molecule has 3 nitrogen and oxygen atoms in total. The molecule has 0 aromatic carbocycles. The highest BCUT2D eigenvalue weighted by atomic mass is 14.9. The summed E-state index contributed by atoms with van der Waals surface area (Å²) in [5.74, 6) is 0.831. The van der Waals surface area contributed by atoms with E-state index in [1.807, 2.05) is 19.9 Å². The fraction of sp³-hybridized carbons (Fsp3) is 0.455. The second kappa shape index (κ2) is 6.27. The Balaban J connectivity index is 2.24. The average molecular weight is 191 g/mol. The lowest BCUT2D eigenvalue weighted by Gasteiger charge is -2.02. The molecule has 0 radical (unpaired) electrons. The van der Waals surface area contributed by atoms with E-state index in [4.69, 9.17) is 0 Å². The third-order valence-corrected chi connectivity index (χ3v) is 1.86. The van der Waals surface area contributed by atoms with Crippen molar-refractivity contribution in [1.82, 2.24) is 15.3 Å². The molecule has 0 atom stereocenters.